The van der Waals surface area contributed by atoms with Gasteiger partial charge in [-0.1, -0.05) is 19.0 Å². The van der Waals surface area contributed by atoms with Crippen molar-refractivity contribution >= 4 is 0 Å². The molecule has 0 aliphatic carbocycles. The Bertz CT molecular complexity index is 555. The fraction of sp³-hybridized carbons (Fsp3) is 0.385. The molecule has 0 saturated carbocycles. The van der Waals surface area contributed by atoms with E-state index in [9.17, 15) is 4.39 Å². The molecule has 0 spiro atoms. The molecule has 0 atom stereocenters. The molecule has 1 heterocycles. The van der Waals surface area contributed by atoms with E-state index in [1.165, 1.54) is 12.1 Å². The van der Waals surface area contributed by atoms with Gasteiger partial charge in [0.1, 0.15) is 0 Å². The maximum Gasteiger partial charge on any atom is 0.228 e. The number of nitrogens with one attached hydrogen (secondary N) is 1. The number of benzene rings is 1. The Hall–Kier alpha value is -1.95. The average molecular weight is 265 g/mol. The second kappa shape index (κ2) is 5.79. The first-order chi connectivity index (χ1) is 9.06. The zero-order valence-electron chi connectivity index (χ0n) is 10.9. The van der Waals surface area contributed by atoms with Gasteiger partial charge in [-0.2, -0.15) is 4.98 Å². The highest BCUT2D eigenvalue weighted by Gasteiger charge is 2.10. The molecule has 1 aromatic carbocycles. The summed E-state index contributed by atoms with van der Waals surface area (Å²) in [4.78, 5) is 4.18. The topological polar surface area (TPSA) is 71.2 Å². The van der Waals surface area contributed by atoms with E-state index in [1.807, 2.05) is 0 Å². The number of rotatable bonds is 5. The van der Waals surface area contributed by atoms with Crippen LogP contribution in [0.2, 0.25) is 0 Å². The van der Waals surface area contributed by atoms with Gasteiger partial charge < -0.3 is 14.9 Å². The third-order valence-corrected chi connectivity index (χ3v) is 2.57. The van der Waals surface area contributed by atoms with Gasteiger partial charge in [0.05, 0.1) is 0 Å². The van der Waals surface area contributed by atoms with Crippen molar-refractivity contribution in [1.82, 2.24) is 15.5 Å². The number of phenols is 1. The molecule has 0 amide bonds. The molecular formula is C13H16FN3O2. The smallest absolute Gasteiger partial charge is 0.228 e. The number of hydrogen-bond acceptors (Lipinski definition) is 5. The van der Waals surface area contributed by atoms with Crippen LogP contribution in [-0.4, -0.2) is 27.8 Å². The van der Waals surface area contributed by atoms with Gasteiger partial charge in [-0.05, 0) is 18.2 Å². The van der Waals surface area contributed by atoms with Crippen molar-refractivity contribution in [2.24, 2.45) is 0 Å². The zero-order chi connectivity index (χ0) is 13.8. The van der Waals surface area contributed by atoms with Crippen LogP contribution in [0.3, 0.4) is 0 Å². The van der Waals surface area contributed by atoms with Gasteiger partial charge >= 0.3 is 0 Å². The molecule has 1 aromatic heterocycles. The van der Waals surface area contributed by atoms with Crippen molar-refractivity contribution in [2.45, 2.75) is 26.3 Å². The predicted molar refractivity (Wildman–Crippen MR) is 68.2 cm³/mol. The van der Waals surface area contributed by atoms with Crippen LogP contribution < -0.4 is 5.32 Å². The lowest BCUT2D eigenvalue weighted by molar-refractivity contribution is 0.374. The average Bonchev–Trinajstić information content (AvgIpc) is 2.81. The minimum absolute atomic E-state index is 0.318. The van der Waals surface area contributed by atoms with E-state index in [-0.39, 0.29) is 0 Å². The molecule has 6 heteroatoms. The van der Waals surface area contributed by atoms with E-state index in [4.69, 9.17) is 9.63 Å². The summed E-state index contributed by atoms with van der Waals surface area (Å²) in [5.41, 5.74) is 0.474. The van der Waals surface area contributed by atoms with Crippen molar-refractivity contribution in [2.75, 3.05) is 6.54 Å². The minimum atomic E-state index is -0.703. The van der Waals surface area contributed by atoms with Crippen LogP contribution in [0.1, 0.15) is 19.7 Å². The van der Waals surface area contributed by atoms with E-state index >= 15 is 0 Å². The Labute approximate surface area is 110 Å². The minimum Gasteiger partial charge on any atom is -0.505 e. The van der Waals surface area contributed by atoms with Crippen LogP contribution in [0.4, 0.5) is 4.39 Å². The largest absolute Gasteiger partial charge is 0.505 e. The number of phenolic OH excluding ortho intramolecular Hbond substituents is 1. The van der Waals surface area contributed by atoms with Crippen LogP contribution in [0.25, 0.3) is 11.4 Å². The SMILES string of the molecule is CC(C)NCCc1nc(-c2ccc(O)c(F)c2)no1. The van der Waals surface area contributed by atoms with Gasteiger partial charge in [0.25, 0.3) is 0 Å². The van der Waals surface area contributed by atoms with E-state index in [0.29, 0.717) is 29.7 Å². The van der Waals surface area contributed by atoms with Crippen molar-refractivity contribution in [3.63, 3.8) is 0 Å². The van der Waals surface area contributed by atoms with E-state index < -0.39 is 11.6 Å². The monoisotopic (exact) mass is 265 g/mol. The number of aromatic hydroxyl groups is 1. The van der Waals surface area contributed by atoms with Crippen LogP contribution in [0.15, 0.2) is 22.7 Å². The van der Waals surface area contributed by atoms with Gasteiger partial charge in [0.15, 0.2) is 11.6 Å². The summed E-state index contributed by atoms with van der Waals surface area (Å²) in [6, 6.07) is 4.38. The summed E-state index contributed by atoms with van der Waals surface area (Å²) in [5, 5.41) is 16.1. The molecule has 5 nitrogen and oxygen atoms in total. The second-order valence-corrected chi connectivity index (χ2v) is 4.54. The number of halogens is 1. The number of aromatic nitrogens is 2. The Morgan fingerprint density at radius 3 is 2.89 bits per heavy atom. The standard InChI is InChI=1S/C13H16FN3O2/c1-8(2)15-6-5-12-16-13(17-19-12)9-3-4-11(18)10(14)7-9/h3-4,7-8,15,18H,5-6H2,1-2H3. The Balaban J connectivity index is 2.05. The van der Waals surface area contributed by atoms with Crippen LogP contribution >= 0.6 is 0 Å². The molecule has 2 aromatic rings. The molecule has 0 unspecified atom stereocenters. The molecule has 0 saturated heterocycles. The highest BCUT2D eigenvalue weighted by Crippen LogP contribution is 2.22. The Morgan fingerprint density at radius 1 is 1.42 bits per heavy atom. The summed E-state index contributed by atoms with van der Waals surface area (Å²) < 4.78 is 18.3. The second-order valence-electron chi connectivity index (χ2n) is 4.54. The molecule has 0 aliphatic rings. The van der Waals surface area contributed by atoms with Gasteiger partial charge in [-0.25, -0.2) is 4.39 Å². The van der Waals surface area contributed by atoms with E-state index in [1.54, 1.807) is 6.07 Å². The first-order valence-electron chi connectivity index (χ1n) is 6.11. The van der Waals surface area contributed by atoms with Crippen molar-refractivity contribution in [1.29, 1.82) is 0 Å². The lowest BCUT2D eigenvalue weighted by Crippen LogP contribution is -2.25. The van der Waals surface area contributed by atoms with E-state index in [0.717, 1.165) is 6.54 Å². The summed E-state index contributed by atoms with van der Waals surface area (Å²) >= 11 is 0. The zero-order valence-corrected chi connectivity index (χ0v) is 10.9. The third kappa shape index (κ3) is 3.51. The van der Waals surface area contributed by atoms with Crippen molar-refractivity contribution in [3.8, 4) is 17.1 Å². The van der Waals surface area contributed by atoms with Crippen molar-refractivity contribution in [3.05, 3.63) is 29.9 Å². The summed E-state index contributed by atoms with van der Waals surface area (Å²) in [7, 11) is 0. The molecule has 2 N–H and O–H groups in total. The van der Waals surface area contributed by atoms with Crippen molar-refractivity contribution < 1.29 is 14.0 Å². The highest BCUT2D eigenvalue weighted by molar-refractivity contribution is 5.55. The molecule has 0 aliphatic heterocycles. The van der Waals surface area contributed by atoms with E-state index in [2.05, 4.69) is 29.3 Å². The normalized spacial score (nSPS) is 11.2. The van der Waals surface area contributed by atoms with Crippen LogP contribution in [0.5, 0.6) is 5.75 Å². The summed E-state index contributed by atoms with van der Waals surface area (Å²) in [6.45, 7) is 4.85. The summed E-state index contributed by atoms with van der Waals surface area (Å²) in [6.07, 6.45) is 0.617. The first-order valence-corrected chi connectivity index (χ1v) is 6.11. The van der Waals surface area contributed by atoms with Gasteiger partial charge in [-0.15, -0.1) is 0 Å². The molecule has 0 fully saturated rings. The Kier molecular flexibility index (Phi) is 4.11. The lowest BCUT2D eigenvalue weighted by Gasteiger charge is -2.04. The fourth-order valence-corrected chi connectivity index (χ4v) is 1.59. The molecule has 19 heavy (non-hydrogen) atoms. The van der Waals surface area contributed by atoms with Gasteiger partial charge in [0, 0.05) is 24.6 Å². The van der Waals surface area contributed by atoms with Crippen LogP contribution in [-0.2, 0) is 6.42 Å². The highest BCUT2D eigenvalue weighted by atomic mass is 19.1. The molecule has 0 bridgehead atoms. The maximum atomic E-state index is 13.2. The van der Waals surface area contributed by atoms with Gasteiger partial charge in [0.2, 0.25) is 11.7 Å². The molecule has 0 radical (unpaired) electrons. The summed E-state index contributed by atoms with van der Waals surface area (Å²) in [5.74, 6) is -0.283. The fourth-order valence-electron chi connectivity index (χ4n) is 1.59. The maximum absolute atomic E-state index is 13.2. The molecule has 2 rings (SSSR count). The van der Waals surface area contributed by atoms with Crippen LogP contribution in [0, 0.1) is 5.82 Å². The Morgan fingerprint density at radius 2 is 2.21 bits per heavy atom. The number of nitrogens with zero attached hydrogens (tertiary/aromatic N) is 2. The number of hydrogen-bond donors (Lipinski definition) is 2. The quantitative estimate of drug-likeness (QED) is 0.866. The third-order valence-electron chi connectivity index (χ3n) is 2.57. The predicted octanol–water partition coefficient (Wildman–Crippen LogP) is 2.12. The molecule has 102 valence electrons. The first kappa shape index (κ1) is 13.5. The van der Waals surface area contributed by atoms with Gasteiger partial charge in [-0.3, -0.25) is 0 Å². The molecular weight excluding hydrogens is 249 g/mol. The lowest BCUT2D eigenvalue weighted by atomic mass is 10.2.